The van der Waals surface area contributed by atoms with Crippen LogP contribution in [-0.2, 0) is 16.1 Å². The lowest BCUT2D eigenvalue weighted by Crippen LogP contribution is -2.60. The van der Waals surface area contributed by atoms with Gasteiger partial charge < -0.3 is 9.64 Å². The van der Waals surface area contributed by atoms with E-state index in [-0.39, 0.29) is 43.3 Å². The molecule has 160 valence electrons. The second-order valence-electron chi connectivity index (χ2n) is 7.92. The van der Waals surface area contributed by atoms with E-state index >= 15 is 0 Å². The lowest BCUT2D eigenvalue weighted by atomic mass is 9.88. The van der Waals surface area contributed by atoms with Gasteiger partial charge in [0.2, 0.25) is 5.91 Å². The van der Waals surface area contributed by atoms with Crippen LogP contribution in [0, 0.1) is 5.92 Å². The van der Waals surface area contributed by atoms with Gasteiger partial charge in [-0.1, -0.05) is 80.9 Å². The monoisotopic (exact) mass is 408 g/mol. The number of ether oxygens (including phenoxy) is 1. The summed E-state index contributed by atoms with van der Waals surface area (Å²) in [6.45, 7) is 6.62. The minimum atomic E-state index is -0.353. The molecule has 0 N–H and O–H groups in total. The average molecular weight is 409 g/mol. The predicted molar refractivity (Wildman–Crippen MR) is 118 cm³/mol. The maximum absolute atomic E-state index is 13.4. The molecule has 1 fully saturated rings. The summed E-state index contributed by atoms with van der Waals surface area (Å²) < 4.78 is 5.66. The molecule has 0 radical (unpaired) electrons. The van der Waals surface area contributed by atoms with Crippen molar-refractivity contribution in [1.82, 2.24) is 9.80 Å². The number of carbonyl (C=O) groups is 2. The van der Waals surface area contributed by atoms with Crippen LogP contribution in [0.5, 0.6) is 0 Å². The lowest BCUT2D eigenvalue weighted by Gasteiger charge is -2.47. The number of carbonyl (C=O) groups excluding carboxylic acids is 2. The van der Waals surface area contributed by atoms with Gasteiger partial charge in [0.15, 0.2) is 0 Å². The van der Waals surface area contributed by atoms with Gasteiger partial charge in [-0.15, -0.1) is 0 Å². The van der Waals surface area contributed by atoms with Gasteiger partial charge in [-0.05, 0) is 30.9 Å². The van der Waals surface area contributed by atoms with E-state index in [9.17, 15) is 9.59 Å². The zero-order valence-corrected chi connectivity index (χ0v) is 18.2. The molecular weight excluding hydrogens is 376 g/mol. The maximum atomic E-state index is 13.4. The molecule has 2 amide bonds. The van der Waals surface area contributed by atoms with Crippen molar-refractivity contribution in [1.29, 1.82) is 0 Å². The SMILES string of the molecule is CCC[C@H]1[C@H](CC)C(=O)N([C@@H](C)c2ccccc2)CN1C(=O)OCc1ccccc1. The largest absolute Gasteiger partial charge is 0.444 e. The van der Waals surface area contributed by atoms with Gasteiger partial charge in [-0.3, -0.25) is 9.69 Å². The average Bonchev–Trinajstić information content (AvgIpc) is 2.79. The summed E-state index contributed by atoms with van der Waals surface area (Å²) in [5.41, 5.74) is 2.01. The Kier molecular flexibility index (Phi) is 7.50. The fraction of sp³-hybridized carbons (Fsp3) is 0.440. The molecule has 30 heavy (non-hydrogen) atoms. The zero-order chi connectivity index (χ0) is 21.5. The van der Waals surface area contributed by atoms with Crippen LogP contribution in [-0.4, -0.2) is 34.5 Å². The molecule has 0 unspecified atom stereocenters. The van der Waals surface area contributed by atoms with E-state index in [4.69, 9.17) is 4.74 Å². The van der Waals surface area contributed by atoms with Crippen molar-refractivity contribution in [3.8, 4) is 0 Å². The highest BCUT2D eigenvalue weighted by Crippen LogP contribution is 2.33. The van der Waals surface area contributed by atoms with Crippen LogP contribution in [0.3, 0.4) is 0 Å². The molecule has 2 aromatic rings. The van der Waals surface area contributed by atoms with E-state index in [0.717, 1.165) is 24.0 Å². The normalized spacial score (nSPS) is 20.2. The summed E-state index contributed by atoms with van der Waals surface area (Å²) in [7, 11) is 0. The van der Waals surface area contributed by atoms with Gasteiger partial charge >= 0.3 is 6.09 Å². The molecule has 0 aliphatic carbocycles. The number of benzene rings is 2. The van der Waals surface area contributed by atoms with Gasteiger partial charge in [0.1, 0.15) is 6.61 Å². The van der Waals surface area contributed by atoms with Crippen molar-refractivity contribution in [2.24, 2.45) is 5.92 Å². The third-order valence-electron chi connectivity index (χ3n) is 5.98. The second kappa shape index (κ2) is 10.3. The minimum Gasteiger partial charge on any atom is -0.444 e. The molecule has 2 aromatic carbocycles. The standard InChI is InChI=1S/C25H32N2O3/c1-4-12-23-22(5-2)24(28)26(19(3)21-15-10-7-11-16-21)18-27(23)25(29)30-17-20-13-8-6-9-14-20/h6-11,13-16,19,22-23H,4-5,12,17-18H2,1-3H3/t19-,22-,23-/m0/s1. The molecule has 5 heteroatoms. The number of rotatable bonds is 7. The molecule has 1 aliphatic rings. The van der Waals surface area contributed by atoms with Crippen LogP contribution in [0.25, 0.3) is 0 Å². The Hall–Kier alpha value is -2.82. The number of nitrogens with zero attached hydrogens (tertiary/aromatic N) is 2. The molecule has 1 aliphatic heterocycles. The number of amides is 2. The van der Waals surface area contributed by atoms with Gasteiger partial charge in [0.25, 0.3) is 0 Å². The summed E-state index contributed by atoms with van der Waals surface area (Å²) in [6.07, 6.45) is 2.04. The van der Waals surface area contributed by atoms with Gasteiger partial charge in [-0.25, -0.2) is 4.79 Å². The molecule has 0 bridgehead atoms. The molecule has 3 atom stereocenters. The number of hydrogen-bond acceptors (Lipinski definition) is 3. The number of hydrogen-bond donors (Lipinski definition) is 0. The Morgan fingerprint density at radius 1 is 1.07 bits per heavy atom. The minimum absolute atomic E-state index is 0.111. The highest BCUT2D eigenvalue weighted by Gasteiger charge is 2.44. The molecule has 5 nitrogen and oxygen atoms in total. The molecular formula is C25H32N2O3. The smallest absolute Gasteiger partial charge is 0.411 e. The molecule has 3 rings (SSSR count). The van der Waals surface area contributed by atoms with E-state index in [1.807, 2.05) is 79.4 Å². The molecule has 0 spiro atoms. The first-order chi connectivity index (χ1) is 14.6. The van der Waals surface area contributed by atoms with Crippen LogP contribution in [0.2, 0.25) is 0 Å². The summed E-state index contributed by atoms with van der Waals surface area (Å²) in [4.78, 5) is 30.0. The van der Waals surface area contributed by atoms with E-state index in [2.05, 4.69) is 6.92 Å². The van der Waals surface area contributed by atoms with Crippen LogP contribution < -0.4 is 0 Å². The predicted octanol–water partition coefficient (Wildman–Crippen LogP) is 5.38. The van der Waals surface area contributed by atoms with E-state index in [1.54, 1.807) is 4.90 Å². The highest BCUT2D eigenvalue weighted by atomic mass is 16.6. The first kappa shape index (κ1) is 21.9. The summed E-state index contributed by atoms with van der Waals surface area (Å²) in [6, 6.07) is 19.4. The summed E-state index contributed by atoms with van der Waals surface area (Å²) in [5.74, 6) is -0.0893. The molecule has 1 heterocycles. The molecule has 0 saturated carbocycles. The van der Waals surface area contributed by atoms with Crippen molar-refractivity contribution in [3.05, 3.63) is 71.8 Å². The van der Waals surface area contributed by atoms with E-state index in [1.165, 1.54) is 0 Å². The van der Waals surface area contributed by atoms with E-state index in [0.29, 0.717) is 6.42 Å². The Balaban J connectivity index is 1.82. The fourth-order valence-corrected chi connectivity index (χ4v) is 4.25. The van der Waals surface area contributed by atoms with E-state index < -0.39 is 0 Å². The van der Waals surface area contributed by atoms with Crippen LogP contribution in [0.15, 0.2) is 60.7 Å². The second-order valence-corrected chi connectivity index (χ2v) is 7.92. The lowest BCUT2D eigenvalue weighted by molar-refractivity contribution is -0.150. The maximum Gasteiger partial charge on any atom is 0.411 e. The zero-order valence-electron chi connectivity index (χ0n) is 18.2. The Bertz CT molecular complexity index is 825. The van der Waals surface area contributed by atoms with Crippen LogP contribution in [0.1, 0.15) is 57.2 Å². The Labute approximate surface area is 179 Å². The van der Waals surface area contributed by atoms with Crippen molar-refractivity contribution >= 4 is 12.0 Å². The molecule has 1 saturated heterocycles. The van der Waals surface area contributed by atoms with Gasteiger partial charge in [-0.2, -0.15) is 0 Å². The van der Waals surface area contributed by atoms with Crippen molar-refractivity contribution in [3.63, 3.8) is 0 Å². The van der Waals surface area contributed by atoms with Crippen LogP contribution in [0.4, 0.5) is 4.79 Å². The first-order valence-electron chi connectivity index (χ1n) is 10.9. The fourth-order valence-electron chi connectivity index (χ4n) is 4.25. The summed E-state index contributed by atoms with van der Waals surface area (Å²) >= 11 is 0. The van der Waals surface area contributed by atoms with Gasteiger partial charge in [0, 0.05) is 6.04 Å². The third-order valence-corrected chi connectivity index (χ3v) is 5.98. The molecule has 0 aromatic heterocycles. The third kappa shape index (κ3) is 4.84. The van der Waals surface area contributed by atoms with Crippen molar-refractivity contribution < 1.29 is 14.3 Å². The van der Waals surface area contributed by atoms with Crippen molar-refractivity contribution in [2.75, 3.05) is 6.67 Å². The quantitative estimate of drug-likeness (QED) is 0.618. The Morgan fingerprint density at radius 2 is 1.70 bits per heavy atom. The topological polar surface area (TPSA) is 49.9 Å². The van der Waals surface area contributed by atoms with Crippen molar-refractivity contribution in [2.45, 2.75) is 58.7 Å². The Morgan fingerprint density at radius 3 is 2.30 bits per heavy atom. The van der Waals surface area contributed by atoms with Gasteiger partial charge in [0.05, 0.1) is 18.6 Å². The highest BCUT2D eigenvalue weighted by molar-refractivity contribution is 5.83. The van der Waals surface area contributed by atoms with Crippen LogP contribution >= 0.6 is 0 Å². The first-order valence-corrected chi connectivity index (χ1v) is 10.9. The summed E-state index contributed by atoms with van der Waals surface area (Å²) in [5, 5.41) is 0.